The van der Waals surface area contributed by atoms with E-state index in [1.54, 1.807) is 12.1 Å². The summed E-state index contributed by atoms with van der Waals surface area (Å²) in [7, 11) is 0. The minimum atomic E-state index is -0.997. The quantitative estimate of drug-likeness (QED) is 0.739. The van der Waals surface area contributed by atoms with Crippen LogP contribution in [0.4, 0.5) is 0 Å². The van der Waals surface area contributed by atoms with E-state index in [4.69, 9.17) is 5.11 Å². The number of hydrogen-bond donors (Lipinski definition) is 2. The van der Waals surface area contributed by atoms with Gasteiger partial charge in [-0.25, -0.2) is 4.79 Å². The zero-order chi connectivity index (χ0) is 12.0. The molecule has 2 aliphatic rings. The van der Waals surface area contributed by atoms with Gasteiger partial charge in [-0.2, -0.15) is 0 Å². The van der Waals surface area contributed by atoms with Crippen molar-refractivity contribution in [2.45, 2.75) is 6.04 Å². The molecule has 0 aliphatic carbocycles. The Labute approximate surface area is 98.0 Å². The van der Waals surface area contributed by atoms with E-state index >= 15 is 0 Å². The highest BCUT2D eigenvalue weighted by atomic mass is 16.4. The number of carboxylic acids is 1. The Balaban J connectivity index is 2.08. The van der Waals surface area contributed by atoms with Gasteiger partial charge in [-0.1, -0.05) is 6.07 Å². The lowest BCUT2D eigenvalue weighted by Gasteiger charge is -2.30. The first-order valence-electron chi connectivity index (χ1n) is 5.57. The highest BCUT2D eigenvalue weighted by Gasteiger charge is 2.38. The van der Waals surface area contributed by atoms with Crippen molar-refractivity contribution in [2.75, 3.05) is 19.6 Å². The van der Waals surface area contributed by atoms with Gasteiger partial charge < -0.3 is 15.3 Å². The number of nitrogens with one attached hydrogen (secondary N) is 1. The Morgan fingerprint density at radius 3 is 3.06 bits per heavy atom. The van der Waals surface area contributed by atoms with E-state index in [1.165, 1.54) is 6.07 Å². The number of carboxylic acid groups (broad SMARTS) is 1. The third kappa shape index (κ3) is 1.43. The van der Waals surface area contributed by atoms with Gasteiger partial charge in [0.15, 0.2) is 0 Å². The summed E-state index contributed by atoms with van der Waals surface area (Å²) in [5.41, 5.74) is 1.65. The molecule has 0 saturated carbocycles. The second-order valence-corrected chi connectivity index (χ2v) is 4.33. The minimum absolute atomic E-state index is 0.0467. The number of amides is 1. The summed E-state index contributed by atoms with van der Waals surface area (Å²) in [5, 5.41) is 12.2. The van der Waals surface area contributed by atoms with Crippen LogP contribution in [-0.4, -0.2) is 41.5 Å². The molecule has 0 radical (unpaired) electrons. The van der Waals surface area contributed by atoms with E-state index in [1.807, 2.05) is 4.90 Å². The van der Waals surface area contributed by atoms with Gasteiger partial charge in [0.1, 0.15) is 0 Å². The molecule has 0 spiro atoms. The van der Waals surface area contributed by atoms with Gasteiger partial charge in [0, 0.05) is 25.2 Å². The van der Waals surface area contributed by atoms with Gasteiger partial charge >= 0.3 is 5.97 Å². The van der Waals surface area contributed by atoms with Crippen LogP contribution < -0.4 is 5.32 Å². The van der Waals surface area contributed by atoms with Gasteiger partial charge in [0.25, 0.3) is 5.91 Å². The maximum atomic E-state index is 12.1. The molecule has 2 aliphatic heterocycles. The third-order valence-electron chi connectivity index (χ3n) is 3.39. The predicted molar refractivity (Wildman–Crippen MR) is 60.0 cm³/mol. The molecule has 5 nitrogen and oxygen atoms in total. The average molecular weight is 232 g/mol. The van der Waals surface area contributed by atoms with Gasteiger partial charge in [-0.05, 0) is 17.7 Å². The van der Waals surface area contributed by atoms with Crippen LogP contribution in [0.25, 0.3) is 0 Å². The molecule has 1 aromatic rings. The van der Waals surface area contributed by atoms with Crippen molar-refractivity contribution >= 4 is 11.9 Å². The van der Waals surface area contributed by atoms with Gasteiger partial charge in [0.2, 0.25) is 0 Å². The SMILES string of the molecule is O=C(O)c1ccc2c(c1)C(=O)N1CCNCC21. The van der Waals surface area contributed by atoms with Crippen LogP contribution in [0, 0.1) is 0 Å². The molecule has 2 N–H and O–H groups in total. The lowest BCUT2D eigenvalue weighted by Crippen LogP contribution is -2.44. The van der Waals surface area contributed by atoms with Crippen molar-refractivity contribution in [3.05, 3.63) is 34.9 Å². The van der Waals surface area contributed by atoms with E-state index in [0.29, 0.717) is 12.1 Å². The van der Waals surface area contributed by atoms with Crippen LogP contribution in [0.1, 0.15) is 32.3 Å². The van der Waals surface area contributed by atoms with E-state index < -0.39 is 5.97 Å². The smallest absolute Gasteiger partial charge is 0.335 e. The lowest BCUT2D eigenvalue weighted by atomic mass is 10.0. The van der Waals surface area contributed by atoms with E-state index in [-0.39, 0.29) is 17.5 Å². The number of fused-ring (bicyclic) bond motifs is 3. The van der Waals surface area contributed by atoms with Crippen LogP contribution in [0.2, 0.25) is 0 Å². The molecule has 5 heteroatoms. The van der Waals surface area contributed by atoms with Crippen molar-refractivity contribution in [1.82, 2.24) is 10.2 Å². The van der Waals surface area contributed by atoms with Crippen LogP contribution in [0.5, 0.6) is 0 Å². The number of nitrogens with zero attached hydrogens (tertiary/aromatic N) is 1. The highest BCUT2D eigenvalue weighted by molar-refractivity contribution is 6.01. The Morgan fingerprint density at radius 2 is 2.29 bits per heavy atom. The highest BCUT2D eigenvalue weighted by Crippen LogP contribution is 2.34. The fraction of sp³-hybridized carbons (Fsp3) is 0.333. The fourth-order valence-electron chi connectivity index (χ4n) is 2.55. The van der Waals surface area contributed by atoms with Gasteiger partial charge in [0.05, 0.1) is 11.6 Å². The van der Waals surface area contributed by atoms with Crippen molar-refractivity contribution < 1.29 is 14.7 Å². The summed E-state index contributed by atoms with van der Waals surface area (Å²) in [5.74, 6) is -1.04. The number of rotatable bonds is 1. The number of carbonyl (C=O) groups is 2. The molecule has 88 valence electrons. The fourth-order valence-corrected chi connectivity index (χ4v) is 2.55. The largest absolute Gasteiger partial charge is 0.478 e. The number of hydrogen-bond acceptors (Lipinski definition) is 3. The monoisotopic (exact) mass is 232 g/mol. The van der Waals surface area contributed by atoms with Crippen molar-refractivity contribution in [1.29, 1.82) is 0 Å². The second kappa shape index (κ2) is 3.56. The second-order valence-electron chi connectivity index (χ2n) is 4.33. The normalized spacial score (nSPS) is 22.2. The molecule has 1 saturated heterocycles. The number of piperazine rings is 1. The first-order chi connectivity index (χ1) is 8.18. The molecule has 1 atom stereocenters. The molecule has 3 rings (SSSR count). The average Bonchev–Trinajstić information content (AvgIpc) is 2.64. The summed E-state index contributed by atoms with van der Waals surface area (Å²) < 4.78 is 0. The zero-order valence-electron chi connectivity index (χ0n) is 9.14. The van der Waals surface area contributed by atoms with E-state index in [2.05, 4.69) is 5.32 Å². The molecule has 0 bridgehead atoms. The third-order valence-corrected chi connectivity index (χ3v) is 3.39. The summed E-state index contributed by atoms with van der Waals surface area (Å²) in [6.07, 6.45) is 0. The van der Waals surface area contributed by atoms with Crippen molar-refractivity contribution in [3.8, 4) is 0 Å². The maximum absolute atomic E-state index is 12.1. The van der Waals surface area contributed by atoms with E-state index in [9.17, 15) is 9.59 Å². The molecular formula is C12H12N2O3. The molecule has 0 aromatic heterocycles. The van der Waals surface area contributed by atoms with Crippen LogP contribution in [0.3, 0.4) is 0 Å². The minimum Gasteiger partial charge on any atom is -0.478 e. The lowest BCUT2D eigenvalue weighted by molar-refractivity contribution is 0.0689. The molecule has 1 fully saturated rings. The Bertz CT molecular complexity index is 512. The zero-order valence-corrected chi connectivity index (χ0v) is 9.14. The van der Waals surface area contributed by atoms with Gasteiger partial charge in [-0.3, -0.25) is 4.79 Å². The van der Waals surface area contributed by atoms with Gasteiger partial charge in [-0.15, -0.1) is 0 Å². The Morgan fingerprint density at radius 1 is 1.47 bits per heavy atom. The number of aromatic carboxylic acids is 1. The molecule has 1 aromatic carbocycles. The van der Waals surface area contributed by atoms with Crippen molar-refractivity contribution in [3.63, 3.8) is 0 Å². The van der Waals surface area contributed by atoms with Crippen LogP contribution in [-0.2, 0) is 0 Å². The van der Waals surface area contributed by atoms with Crippen LogP contribution in [0.15, 0.2) is 18.2 Å². The Kier molecular flexibility index (Phi) is 2.16. The van der Waals surface area contributed by atoms with E-state index in [0.717, 1.165) is 18.7 Å². The summed E-state index contributed by atoms with van der Waals surface area (Å²) in [6, 6.07) is 4.87. The summed E-state index contributed by atoms with van der Waals surface area (Å²) in [4.78, 5) is 24.8. The molecule has 1 amide bonds. The molecule has 1 unspecified atom stereocenters. The van der Waals surface area contributed by atoms with Crippen LogP contribution >= 0.6 is 0 Å². The molecule has 17 heavy (non-hydrogen) atoms. The summed E-state index contributed by atoms with van der Waals surface area (Å²) in [6.45, 7) is 2.22. The Hall–Kier alpha value is -1.88. The summed E-state index contributed by atoms with van der Waals surface area (Å²) >= 11 is 0. The predicted octanol–water partition coefficient (Wildman–Crippen LogP) is 0.485. The first kappa shape index (κ1) is 10.3. The number of benzene rings is 1. The molecule has 2 heterocycles. The maximum Gasteiger partial charge on any atom is 0.335 e. The number of carbonyl (C=O) groups excluding carboxylic acids is 1. The standard InChI is InChI=1S/C12H12N2O3/c15-11-9-5-7(12(16)17)1-2-8(9)10-6-13-3-4-14(10)11/h1-2,5,10,13H,3-4,6H2,(H,16,17). The topological polar surface area (TPSA) is 69.6 Å². The first-order valence-corrected chi connectivity index (χ1v) is 5.57. The van der Waals surface area contributed by atoms with Crippen molar-refractivity contribution in [2.24, 2.45) is 0 Å². The molecular weight excluding hydrogens is 220 g/mol.